The van der Waals surface area contributed by atoms with E-state index in [1.54, 1.807) is 0 Å². The van der Waals surface area contributed by atoms with Crippen LogP contribution in [0.4, 0.5) is 0 Å². The Hall–Kier alpha value is -1.92. The van der Waals surface area contributed by atoms with E-state index in [0.29, 0.717) is 0 Å². The van der Waals surface area contributed by atoms with Gasteiger partial charge in [0, 0.05) is 0 Å². The molecule has 3 aromatic carbocycles. The van der Waals surface area contributed by atoms with E-state index in [0.717, 1.165) is 52.9 Å². The van der Waals surface area contributed by atoms with Crippen LogP contribution >= 0.6 is 0 Å². The molecule has 44 heavy (non-hydrogen) atoms. The van der Waals surface area contributed by atoms with Gasteiger partial charge < -0.3 is 0 Å². The summed E-state index contributed by atoms with van der Waals surface area (Å²) in [5, 5.41) is 2.47. The summed E-state index contributed by atoms with van der Waals surface area (Å²) in [6.07, 6.45) is 2.58. The van der Waals surface area contributed by atoms with Gasteiger partial charge in [-0.15, -0.1) is 0 Å². The van der Waals surface area contributed by atoms with E-state index in [9.17, 15) is 0 Å². The number of rotatable bonds is 7. The fourth-order valence-electron chi connectivity index (χ4n) is 8.21. The van der Waals surface area contributed by atoms with E-state index >= 15 is 0 Å². The van der Waals surface area contributed by atoms with E-state index in [-0.39, 0.29) is 48.8 Å². The van der Waals surface area contributed by atoms with Gasteiger partial charge in [0.2, 0.25) is 0 Å². The Kier molecular flexibility index (Phi) is 6.62. The van der Waals surface area contributed by atoms with E-state index in [4.69, 9.17) is 35.1 Å². The van der Waals surface area contributed by atoms with Crippen LogP contribution in [-0.2, 0) is 35.1 Å². The Bertz CT molecular complexity index is 1410. The molecule has 8 atom stereocenters. The maximum absolute atomic E-state index is 7.48. The summed E-state index contributed by atoms with van der Waals surface area (Å²) in [4.78, 5) is 25.9. The summed E-state index contributed by atoms with van der Waals surface area (Å²) >= 11 is -5.93. The molecule has 3 aromatic rings. The Morgan fingerprint density at radius 1 is 0.500 bits per heavy atom. The number of hydrogen-bond acceptors (Lipinski definition) is 10. The van der Waals surface area contributed by atoms with Gasteiger partial charge in [0.05, 0.1) is 0 Å². The van der Waals surface area contributed by atoms with Crippen molar-refractivity contribution in [1.82, 2.24) is 10.8 Å². The second kappa shape index (κ2) is 10.3. The van der Waals surface area contributed by atoms with Gasteiger partial charge in [-0.3, -0.25) is 0 Å². The Balaban J connectivity index is 1.28. The normalized spacial score (nSPS) is 35.2. The molecule has 4 bridgehead atoms. The Labute approximate surface area is 258 Å². The van der Waals surface area contributed by atoms with Crippen LogP contribution in [-0.4, -0.2) is 77.8 Å². The van der Waals surface area contributed by atoms with Crippen molar-refractivity contribution < 1.29 is 35.1 Å². The summed E-state index contributed by atoms with van der Waals surface area (Å²) in [7, 11) is 0. The standard InChI is InChI=1S/3C7H7.2C6H8NO4.Sb/c3*1-7-5-3-2-4-6-7;2*8-7-10-5-3-1-2-4(9-3)6(5)11-7;/h3*2-5H,1H3;2*3-6H,1-2H2;/q;;;2*-1;+2. The van der Waals surface area contributed by atoms with Gasteiger partial charge in [0.25, 0.3) is 0 Å². The van der Waals surface area contributed by atoms with Gasteiger partial charge in [0.1, 0.15) is 0 Å². The van der Waals surface area contributed by atoms with Crippen LogP contribution in [0.25, 0.3) is 0 Å². The minimum atomic E-state index is -5.93. The molecule has 232 valence electrons. The zero-order valence-corrected chi connectivity index (χ0v) is 27.5. The molecular weight excluding hydrogens is 674 g/mol. The molecule has 6 fully saturated rings. The van der Waals surface area contributed by atoms with Crippen LogP contribution in [0.5, 0.6) is 0 Å². The van der Waals surface area contributed by atoms with Crippen LogP contribution in [0.2, 0.25) is 0 Å². The molecule has 11 heteroatoms. The van der Waals surface area contributed by atoms with Crippen molar-refractivity contribution in [3.8, 4) is 0 Å². The number of fused-ring (bicyclic) bond motifs is 10. The summed E-state index contributed by atoms with van der Waals surface area (Å²) in [6.45, 7) is 6.27. The van der Waals surface area contributed by atoms with Crippen LogP contribution in [0, 0.1) is 20.8 Å². The number of ether oxygens (including phenoxy) is 2. The average molecular weight is 711 g/mol. The van der Waals surface area contributed by atoms with Gasteiger partial charge in [-0.05, 0) is 0 Å². The van der Waals surface area contributed by atoms with Crippen LogP contribution in [0.3, 0.4) is 0 Å². The summed E-state index contributed by atoms with van der Waals surface area (Å²) < 4.78 is 29.9. The van der Waals surface area contributed by atoms with Gasteiger partial charge in [-0.1, -0.05) is 0 Å². The molecule has 6 saturated heterocycles. The van der Waals surface area contributed by atoms with E-state index in [1.807, 2.05) is 36.4 Å². The van der Waals surface area contributed by atoms with E-state index in [2.05, 4.69) is 57.2 Å². The molecule has 6 aliphatic heterocycles. The van der Waals surface area contributed by atoms with Crippen molar-refractivity contribution in [1.29, 1.82) is 0 Å². The first-order chi connectivity index (χ1) is 21.4. The summed E-state index contributed by atoms with van der Waals surface area (Å²) in [5.74, 6) is 0. The van der Waals surface area contributed by atoms with Crippen molar-refractivity contribution in [2.24, 2.45) is 0 Å². The second-order valence-corrected chi connectivity index (χ2v) is 23.3. The molecule has 0 amide bonds. The molecule has 6 heterocycles. The first kappa shape index (κ1) is 28.3. The Morgan fingerprint density at radius 3 is 1.09 bits per heavy atom. The molecule has 6 aliphatic rings. The number of nitrogens with zero attached hydrogens (tertiary/aromatic N) is 2. The number of hydrogen-bond donors (Lipinski definition) is 0. The van der Waals surface area contributed by atoms with Crippen LogP contribution in [0.15, 0.2) is 72.8 Å². The molecule has 10 nitrogen and oxygen atoms in total. The quantitative estimate of drug-likeness (QED) is 0.342. The zero-order chi connectivity index (χ0) is 29.7. The van der Waals surface area contributed by atoms with Crippen molar-refractivity contribution in [3.63, 3.8) is 0 Å². The molecule has 0 spiro atoms. The fraction of sp³-hybridized carbons (Fsp3) is 0.455. The maximum atomic E-state index is 7.48. The first-order valence-electron chi connectivity index (χ1n) is 15.6. The van der Waals surface area contributed by atoms with Gasteiger partial charge in [-0.25, -0.2) is 0 Å². The molecule has 0 aliphatic carbocycles. The van der Waals surface area contributed by atoms with Gasteiger partial charge in [-0.2, -0.15) is 0 Å². The molecule has 8 unspecified atom stereocenters. The third kappa shape index (κ3) is 3.91. The first-order valence-corrected chi connectivity index (χ1v) is 21.5. The summed E-state index contributed by atoms with van der Waals surface area (Å²) in [6, 6.07) is 24.7. The van der Waals surface area contributed by atoms with Gasteiger partial charge in [0.15, 0.2) is 0 Å². The molecule has 0 aromatic heterocycles. The van der Waals surface area contributed by atoms with Crippen molar-refractivity contribution in [3.05, 3.63) is 89.5 Å². The second-order valence-electron chi connectivity index (χ2n) is 12.8. The van der Waals surface area contributed by atoms with E-state index in [1.165, 1.54) is 10.8 Å². The molecule has 0 radical (unpaired) electrons. The van der Waals surface area contributed by atoms with Crippen LogP contribution < -0.4 is 10.5 Å². The zero-order valence-electron chi connectivity index (χ0n) is 25.0. The van der Waals surface area contributed by atoms with Crippen molar-refractivity contribution in [2.45, 2.75) is 95.3 Å². The predicted molar refractivity (Wildman–Crippen MR) is 159 cm³/mol. The molecule has 9 rings (SSSR count). The van der Waals surface area contributed by atoms with E-state index < -0.39 is 18.2 Å². The van der Waals surface area contributed by atoms with Crippen LogP contribution in [0.1, 0.15) is 42.4 Å². The van der Waals surface area contributed by atoms with Crippen molar-refractivity contribution >= 4 is 28.8 Å². The van der Waals surface area contributed by atoms with Crippen molar-refractivity contribution in [2.75, 3.05) is 0 Å². The number of benzene rings is 3. The SMILES string of the molecule is Cc1cccc[c]1[Sb]([O]N1OC2C3CCC(O3)C2O1)([O]N1OC2C3CCC(O3)C2O1)([c]1ccccc1C)[c]1ccccc1C. The summed E-state index contributed by atoms with van der Waals surface area (Å²) in [5.41, 5.74) is 3.02. The molecular formula is C33H37N2O8Sb. The fourth-order valence-corrected chi connectivity index (χ4v) is 23.1. The number of aryl methyl sites for hydroxylation is 3. The topological polar surface area (TPSA) is 80.3 Å². The average Bonchev–Trinajstić information content (AvgIpc) is 3.86. The van der Waals surface area contributed by atoms with Gasteiger partial charge >= 0.3 is 259 Å². The Morgan fingerprint density at radius 2 is 0.795 bits per heavy atom. The minimum absolute atomic E-state index is 0.0328. The molecule has 0 saturated carbocycles. The monoisotopic (exact) mass is 710 g/mol. The third-order valence-corrected chi connectivity index (χ3v) is 24.5. The third-order valence-electron chi connectivity index (χ3n) is 10.2. The predicted octanol–water partition coefficient (Wildman–Crippen LogP) is 2.85. The molecule has 0 N–H and O–H groups in total.